The Kier molecular flexibility index (Phi) is 18.0. The van der Waals surface area contributed by atoms with Crippen LogP contribution in [0.3, 0.4) is 0 Å². The van der Waals surface area contributed by atoms with Crippen LogP contribution in [0.2, 0.25) is 0 Å². The molecule has 0 saturated heterocycles. The van der Waals surface area contributed by atoms with Gasteiger partial charge < -0.3 is 0 Å². The lowest BCUT2D eigenvalue weighted by atomic mass is 10.0. The van der Waals surface area contributed by atoms with Crippen molar-refractivity contribution in [2.75, 3.05) is 0 Å². The first kappa shape index (κ1) is 24.1. The van der Waals surface area contributed by atoms with Crippen molar-refractivity contribution >= 4 is 25.8 Å². The smallest absolute Gasteiger partial charge is 0.0395 e. The number of hydrogen-bond donors (Lipinski definition) is 0. The Morgan fingerprint density at radius 2 is 1.08 bits per heavy atom. The Morgan fingerprint density at radius 1 is 0.667 bits per heavy atom. The summed E-state index contributed by atoms with van der Waals surface area (Å²) in [5, 5.41) is 0. The van der Waals surface area contributed by atoms with Gasteiger partial charge in [0.05, 0.1) is 0 Å². The molecule has 0 heterocycles. The van der Waals surface area contributed by atoms with Crippen LogP contribution in [0.1, 0.15) is 107 Å². The quantitative estimate of drug-likeness (QED) is 0.153. The molecule has 2 atom stereocenters. The van der Waals surface area contributed by atoms with E-state index in [2.05, 4.69) is 53.2 Å². The van der Waals surface area contributed by atoms with E-state index in [0.717, 1.165) is 0 Å². The minimum absolute atomic E-state index is 0. The van der Waals surface area contributed by atoms with Gasteiger partial charge in [-0.3, -0.25) is 0 Å². The van der Waals surface area contributed by atoms with E-state index in [1.807, 2.05) is 0 Å². The molecule has 0 bridgehead atoms. The Labute approximate surface area is 163 Å². The SMILES string of the molecule is CCCCCCCCCCCCCCCC(Br)c1ccccc1.P. The van der Waals surface area contributed by atoms with Crippen LogP contribution in [0.15, 0.2) is 30.3 Å². The van der Waals surface area contributed by atoms with E-state index >= 15 is 0 Å². The highest BCUT2D eigenvalue weighted by molar-refractivity contribution is 9.09. The van der Waals surface area contributed by atoms with Gasteiger partial charge in [-0.1, -0.05) is 137 Å². The summed E-state index contributed by atoms with van der Waals surface area (Å²) < 4.78 is 0. The monoisotopic (exact) mass is 414 g/mol. The minimum Gasteiger partial charge on any atom is -0.153 e. The second-order valence-corrected chi connectivity index (χ2v) is 8.01. The van der Waals surface area contributed by atoms with E-state index in [9.17, 15) is 0 Å². The lowest BCUT2D eigenvalue weighted by molar-refractivity contribution is 0.535. The molecule has 140 valence electrons. The standard InChI is InChI=1S/C22H37Br.H3P/c1-2-3-4-5-6-7-8-9-10-11-12-13-17-20-22(23)21-18-15-14-16-19-21;/h14-16,18-19,22H,2-13,17,20H2,1H3;1H3. The molecule has 0 radical (unpaired) electrons. The summed E-state index contributed by atoms with van der Waals surface area (Å²) in [6.07, 6.45) is 19.9. The maximum atomic E-state index is 3.82. The molecule has 0 nitrogen and oxygen atoms in total. The first-order chi connectivity index (χ1) is 11.3. The maximum Gasteiger partial charge on any atom is 0.0395 e. The molecule has 0 aliphatic rings. The van der Waals surface area contributed by atoms with Crippen LogP contribution in [0.25, 0.3) is 0 Å². The molecule has 1 aromatic carbocycles. The van der Waals surface area contributed by atoms with Crippen molar-refractivity contribution in [1.82, 2.24) is 0 Å². The fourth-order valence-corrected chi connectivity index (χ4v) is 3.80. The van der Waals surface area contributed by atoms with Crippen LogP contribution in [-0.2, 0) is 0 Å². The molecule has 2 heteroatoms. The zero-order valence-electron chi connectivity index (χ0n) is 15.9. The molecule has 1 rings (SSSR count). The van der Waals surface area contributed by atoms with Gasteiger partial charge in [-0.05, 0) is 12.0 Å². The third-order valence-electron chi connectivity index (χ3n) is 4.72. The second-order valence-electron chi connectivity index (χ2n) is 6.91. The van der Waals surface area contributed by atoms with Crippen molar-refractivity contribution in [3.05, 3.63) is 35.9 Å². The molecule has 0 aromatic heterocycles. The Bertz CT molecular complexity index is 352. The summed E-state index contributed by atoms with van der Waals surface area (Å²) in [4.78, 5) is 0.538. The Morgan fingerprint density at radius 3 is 1.54 bits per heavy atom. The molecule has 0 aliphatic carbocycles. The summed E-state index contributed by atoms with van der Waals surface area (Å²) in [5.74, 6) is 0. The Balaban J connectivity index is 0.00000529. The van der Waals surface area contributed by atoms with E-state index in [0.29, 0.717) is 4.83 Å². The number of hydrogen-bond acceptors (Lipinski definition) is 0. The number of alkyl halides is 1. The minimum atomic E-state index is 0. The van der Waals surface area contributed by atoms with E-state index in [1.165, 1.54) is 95.5 Å². The van der Waals surface area contributed by atoms with Gasteiger partial charge in [-0.25, -0.2) is 0 Å². The molecular weight excluding hydrogens is 375 g/mol. The van der Waals surface area contributed by atoms with Crippen LogP contribution in [0, 0.1) is 0 Å². The highest BCUT2D eigenvalue weighted by Crippen LogP contribution is 2.28. The predicted octanol–water partition coefficient (Wildman–Crippen LogP) is 8.66. The van der Waals surface area contributed by atoms with Crippen molar-refractivity contribution in [2.24, 2.45) is 0 Å². The molecule has 0 aliphatic heterocycles. The van der Waals surface area contributed by atoms with E-state index in [1.54, 1.807) is 0 Å². The first-order valence-corrected chi connectivity index (χ1v) is 10.9. The lowest BCUT2D eigenvalue weighted by Crippen LogP contribution is -1.90. The topological polar surface area (TPSA) is 0 Å². The maximum absolute atomic E-state index is 3.82. The van der Waals surface area contributed by atoms with Crippen molar-refractivity contribution in [3.63, 3.8) is 0 Å². The zero-order chi connectivity index (χ0) is 16.6. The number of rotatable bonds is 15. The molecular formula is C22H40BrP. The van der Waals surface area contributed by atoms with Crippen molar-refractivity contribution in [2.45, 2.75) is 102 Å². The average molecular weight is 415 g/mol. The second kappa shape index (κ2) is 17.9. The molecule has 0 fully saturated rings. The van der Waals surface area contributed by atoms with E-state index in [4.69, 9.17) is 0 Å². The van der Waals surface area contributed by atoms with Gasteiger partial charge in [0, 0.05) is 4.83 Å². The first-order valence-electron chi connectivity index (χ1n) is 10.0. The van der Waals surface area contributed by atoms with Crippen molar-refractivity contribution in [1.29, 1.82) is 0 Å². The van der Waals surface area contributed by atoms with Crippen LogP contribution in [-0.4, -0.2) is 0 Å². The third kappa shape index (κ3) is 13.4. The predicted molar refractivity (Wildman–Crippen MR) is 120 cm³/mol. The molecule has 0 spiro atoms. The van der Waals surface area contributed by atoms with Crippen LogP contribution >= 0.6 is 25.8 Å². The molecule has 0 N–H and O–H groups in total. The third-order valence-corrected chi connectivity index (χ3v) is 5.71. The Hall–Kier alpha value is 0.130. The molecule has 24 heavy (non-hydrogen) atoms. The van der Waals surface area contributed by atoms with Gasteiger partial charge in [-0.15, -0.1) is 0 Å². The summed E-state index contributed by atoms with van der Waals surface area (Å²) in [6.45, 7) is 2.29. The van der Waals surface area contributed by atoms with Gasteiger partial charge >= 0.3 is 0 Å². The van der Waals surface area contributed by atoms with Crippen LogP contribution < -0.4 is 0 Å². The van der Waals surface area contributed by atoms with Gasteiger partial charge in [0.2, 0.25) is 0 Å². The molecule has 0 saturated carbocycles. The summed E-state index contributed by atoms with van der Waals surface area (Å²) in [6, 6.07) is 10.8. The van der Waals surface area contributed by atoms with Gasteiger partial charge in [-0.2, -0.15) is 9.90 Å². The van der Waals surface area contributed by atoms with Crippen LogP contribution in [0.4, 0.5) is 0 Å². The van der Waals surface area contributed by atoms with E-state index in [-0.39, 0.29) is 9.90 Å². The molecule has 1 aromatic rings. The summed E-state index contributed by atoms with van der Waals surface area (Å²) >= 11 is 3.82. The fraction of sp³-hybridized carbons (Fsp3) is 0.727. The van der Waals surface area contributed by atoms with Crippen molar-refractivity contribution < 1.29 is 0 Å². The highest BCUT2D eigenvalue weighted by Gasteiger charge is 2.05. The molecule has 0 amide bonds. The lowest BCUT2D eigenvalue weighted by Gasteiger charge is -2.09. The van der Waals surface area contributed by atoms with E-state index < -0.39 is 0 Å². The number of unbranched alkanes of at least 4 members (excludes halogenated alkanes) is 12. The fourth-order valence-electron chi connectivity index (χ4n) is 3.17. The van der Waals surface area contributed by atoms with Gasteiger partial charge in [0.1, 0.15) is 0 Å². The van der Waals surface area contributed by atoms with Crippen molar-refractivity contribution in [3.8, 4) is 0 Å². The zero-order valence-corrected chi connectivity index (χ0v) is 18.9. The normalized spacial score (nSPS) is 11.9. The summed E-state index contributed by atoms with van der Waals surface area (Å²) in [5.41, 5.74) is 1.42. The van der Waals surface area contributed by atoms with Gasteiger partial charge in [0.15, 0.2) is 0 Å². The average Bonchev–Trinajstić information content (AvgIpc) is 2.59. The molecule has 2 unspecified atom stereocenters. The number of halogens is 1. The van der Waals surface area contributed by atoms with Gasteiger partial charge in [0.25, 0.3) is 0 Å². The largest absolute Gasteiger partial charge is 0.153 e. The summed E-state index contributed by atoms with van der Waals surface area (Å²) in [7, 11) is 0. The van der Waals surface area contributed by atoms with Crippen LogP contribution in [0.5, 0.6) is 0 Å². The number of benzene rings is 1. The highest BCUT2D eigenvalue weighted by atomic mass is 79.9.